The first-order valence-corrected chi connectivity index (χ1v) is 6.07. The predicted molar refractivity (Wildman–Crippen MR) is 78.9 cm³/mol. The van der Waals surface area contributed by atoms with Crippen molar-refractivity contribution >= 4 is 21.8 Å². The Balaban J connectivity index is 2.14. The van der Waals surface area contributed by atoms with E-state index >= 15 is 0 Å². The summed E-state index contributed by atoms with van der Waals surface area (Å²) in [5.74, 6) is -0.543. The van der Waals surface area contributed by atoms with Crippen molar-refractivity contribution in [1.29, 1.82) is 0 Å². The Hall–Kier alpha value is -2.88. The molecule has 0 bridgehead atoms. The van der Waals surface area contributed by atoms with Crippen molar-refractivity contribution in [3.05, 3.63) is 48.5 Å². The molecule has 20 heavy (non-hydrogen) atoms. The smallest absolute Gasteiger partial charge is 0.167 e. The lowest BCUT2D eigenvalue weighted by atomic mass is 10.2. The molecule has 0 saturated carbocycles. The van der Waals surface area contributed by atoms with Crippen LogP contribution < -0.4 is 0 Å². The summed E-state index contributed by atoms with van der Waals surface area (Å²) in [6, 6.07) is 9.28. The van der Waals surface area contributed by atoms with Crippen LogP contribution in [0.1, 0.15) is 2.74 Å². The van der Waals surface area contributed by atoms with Gasteiger partial charge in [0.15, 0.2) is 14.3 Å². The van der Waals surface area contributed by atoms with Gasteiger partial charge >= 0.3 is 0 Å². The summed E-state index contributed by atoms with van der Waals surface area (Å²) in [6.45, 7) is 0. The summed E-state index contributed by atoms with van der Waals surface area (Å²) in [5.41, 5.74) is 0.658. The molecule has 4 nitrogen and oxygen atoms in total. The van der Waals surface area contributed by atoms with Crippen LogP contribution >= 0.6 is 0 Å². The van der Waals surface area contributed by atoms with E-state index in [1.54, 1.807) is 0 Å². The molecule has 0 atom stereocenters. The molecule has 0 amide bonds. The molecule has 4 heteroatoms. The zero-order valence-electron chi connectivity index (χ0n) is 14.3. The van der Waals surface area contributed by atoms with E-state index in [4.69, 9.17) is 5.57 Å². The average Bonchev–Trinajstić information content (AvgIpc) is 2.92. The first-order valence-electron chi connectivity index (χ1n) is 7.96. The van der Waals surface area contributed by atoms with Crippen molar-refractivity contribution in [3.63, 3.8) is 0 Å². The second-order valence-corrected chi connectivity index (χ2v) is 4.50. The quantitative estimate of drug-likeness (QED) is 0.425. The molecule has 2 aromatic carbocycles. The monoisotopic (exact) mass is 268 g/mol. The van der Waals surface area contributed by atoms with Gasteiger partial charge in [0.05, 0.1) is 2.74 Å². The topological polar surface area (TPSA) is 72.0 Å². The molecule has 0 radical (unpaired) electrons. The van der Waals surface area contributed by atoms with E-state index in [0.29, 0.717) is 21.8 Å². The number of hydrogen-bond donors (Lipinski definition) is 4. The van der Waals surface area contributed by atoms with E-state index in [2.05, 4.69) is 0 Å². The van der Waals surface area contributed by atoms with Crippen LogP contribution in [0.4, 0.5) is 0 Å². The predicted octanol–water partition coefficient (Wildman–Crippen LogP) is 3.73. The molecule has 4 rings (SSSR count). The summed E-state index contributed by atoms with van der Waals surface area (Å²) < 4.78 is 31.8. The molecule has 2 heterocycles. The number of aromatic hydroxyl groups is 2. The molecule has 0 aliphatic carbocycles. The standard InChI is InChI=1S/C16H12N2O2/c19-15-9-5-1-3-7-11(9)17-13(15)14-16(20)10-6-2-4-8-12(10)18-14/h1-8,17-20H/i1D,2D/hD2. The summed E-state index contributed by atoms with van der Waals surface area (Å²) in [4.78, 5) is 1.87. The van der Waals surface area contributed by atoms with Gasteiger partial charge < -0.3 is 20.2 Å². The summed E-state index contributed by atoms with van der Waals surface area (Å²) in [5, 5.41) is 21.6. The molecular formula is C16H12N2O2. The van der Waals surface area contributed by atoms with Gasteiger partial charge in [0.1, 0.15) is 11.4 Å². The number of hydrogen-bond acceptors (Lipinski definition) is 2. The molecule has 0 aliphatic heterocycles. The third-order valence-corrected chi connectivity index (χ3v) is 3.33. The van der Waals surface area contributed by atoms with Crippen LogP contribution in [0.3, 0.4) is 0 Å². The minimum absolute atomic E-state index is 0.0363. The molecule has 0 unspecified atom stereocenters. The van der Waals surface area contributed by atoms with E-state index in [0.717, 1.165) is 9.95 Å². The van der Waals surface area contributed by atoms with Crippen molar-refractivity contribution in [3.8, 4) is 22.9 Å². The Morgan fingerprint density at radius 1 is 0.800 bits per heavy atom. The maximum atomic E-state index is 10.5. The third-order valence-electron chi connectivity index (χ3n) is 3.33. The number of H-pyrrole nitrogens is 2. The number of para-hydroxylation sites is 2. The van der Waals surface area contributed by atoms with Gasteiger partial charge in [-0.25, -0.2) is 0 Å². The number of nitrogens with one attached hydrogen (secondary N) is 2. The van der Waals surface area contributed by atoms with Gasteiger partial charge in [0.25, 0.3) is 0 Å². The molecule has 0 fully saturated rings. The molecule has 4 N–H and O–H groups in total. The highest BCUT2D eigenvalue weighted by Gasteiger charge is 2.18. The van der Waals surface area contributed by atoms with Crippen molar-refractivity contribution in [1.82, 2.24) is 9.95 Å². The Bertz CT molecular complexity index is 1040. The minimum atomic E-state index is -0.271. The molecular weight excluding hydrogens is 252 g/mol. The van der Waals surface area contributed by atoms with E-state index < -0.39 is 0 Å². The fourth-order valence-corrected chi connectivity index (χ4v) is 2.35. The highest BCUT2D eigenvalue weighted by atomic mass is 16.3. The normalized spacial score (nSPS) is 14.2. The van der Waals surface area contributed by atoms with Crippen molar-refractivity contribution in [2.45, 2.75) is 0 Å². The summed E-state index contributed by atoms with van der Waals surface area (Å²) in [6.07, 6.45) is 0. The largest absolute Gasteiger partial charge is 0.505 e. The Morgan fingerprint density at radius 3 is 1.70 bits per heavy atom. The van der Waals surface area contributed by atoms with Gasteiger partial charge in [-0.1, -0.05) is 24.2 Å². The highest BCUT2D eigenvalue weighted by Crippen LogP contribution is 2.42. The Labute approximate surface area is 120 Å². The summed E-state index contributed by atoms with van der Waals surface area (Å²) in [7, 11) is 0. The van der Waals surface area contributed by atoms with Gasteiger partial charge in [-0.05, 0) is 24.3 Å². The van der Waals surface area contributed by atoms with Crippen LogP contribution in [0.15, 0.2) is 48.5 Å². The van der Waals surface area contributed by atoms with Gasteiger partial charge in [0.2, 0.25) is 0 Å². The van der Waals surface area contributed by atoms with Gasteiger partial charge in [-0.3, -0.25) is 0 Å². The van der Waals surface area contributed by atoms with E-state index in [-0.39, 0.29) is 35.0 Å². The Kier molecular flexibility index (Phi) is 1.45. The second kappa shape index (κ2) is 3.81. The molecule has 2 aromatic heterocycles. The number of fused-ring (bicyclic) bond motifs is 2. The zero-order chi connectivity index (χ0) is 17.2. The van der Waals surface area contributed by atoms with Crippen molar-refractivity contribution in [2.75, 3.05) is 0 Å². The van der Waals surface area contributed by atoms with E-state index in [1.807, 2.05) is 0 Å². The van der Waals surface area contributed by atoms with Crippen LogP contribution in [0.2, 0.25) is 2.82 Å². The summed E-state index contributed by atoms with van der Waals surface area (Å²) >= 11 is 0. The SMILES string of the molecule is [2H]c1ccc2c(c1)c(O)c(-c1c(O)c3cc([2H])ccc3n1[2H])n2[2H]. The van der Waals surface area contributed by atoms with E-state index in [9.17, 15) is 10.2 Å². The number of rotatable bonds is 1. The van der Waals surface area contributed by atoms with Crippen LogP contribution in [0, 0.1) is 0 Å². The first-order chi connectivity index (χ1) is 11.4. The molecule has 98 valence electrons. The lowest BCUT2D eigenvalue weighted by Gasteiger charge is -1.97. The van der Waals surface area contributed by atoms with E-state index in [1.165, 1.54) is 36.4 Å². The van der Waals surface area contributed by atoms with Crippen LogP contribution in [0.25, 0.3) is 33.2 Å². The number of aromatic nitrogens is 2. The minimum Gasteiger partial charge on any atom is -0.505 e. The van der Waals surface area contributed by atoms with Crippen LogP contribution in [-0.4, -0.2) is 20.2 Å². The molecule has 0 aliphatic rings. The lowest BCUT2D eigenvalue weighted by Crippen LogP contribution is -1.78. The van der Waals surface area contributed by atoms with Gasteiger partial charge in [-0.15, -0.1) is 0 Å². The lowest BCUT2D eigenvalue weighted by molar-refractivity contribution is 0.475. The number of benzene rings is 2. The zero-order valence-corrected chi connectivity index (χ0v) is 10.3. The maximum absolute atomic E-state index is 10.5. The fourth-order valence-electron chi connectivity index (χ4n) is 2.35. The van der Waals surface area contributed by atoms with Gasteiger partial charge in [0, 0.05) is 21.8 Å². The third kappa shape index (κ3) is 1.36. The Morgan fingerprint density at radius 2 is 1.25 bits per heavy atom. The van der Waals surface area contributed by atoms with Crippen LogP contribution in [0.5, 0.6) is 11.5 Å². The van der Waals surface area contributed by atoms with Crippen molar-refractivity contribution in [2.24, 2.45) is 0 Å². The maximum Gasteiger partial charge on any atom is 0.167 e. The second-order valence-electron chi connectivity index (χ2n) is 4.50. The molecule has 0 saturated heterocycles. The fraction of sp³-hybridized carbons (Fsp3) is 0. The first kappa shape index (κ1) is 7.65. The van der Waals surface area contributed by atoms with Gasteiger partial charge in [-0.2, -0.15) is 0 Å². The molecule has 4 aromatic rings. The van der Waals surface area contributed by atoms with Crippen molar-refractivity contribution < 1.29 is 15.8 Å². The highest BCUT2D eigenvalue weighted by molar-refractivity contribution is 5.99. The van der Waals surface area contributed by atoms with Crippen LogP contribution in [-0.2, 0) is 0 Å². The number of aromatic amines is 2. The molecule has 0 spiro atoms. The average molecular weight is 268 g/mol.